The molecule has 2 N–H and O–H groups in total. The number of H-pyrrole nitrogens is 1. The van der Waals surface area contributed by atoms with Crippen molar-refractivity contribution in [2.45, 2.75) is 50.1 Å². The molecule has 0 bridgehead atoms. The molecule has 5 rings (SSSR count). The maximum absolute atomic E-state index is 13.6. The number of carbonyl (C=O) groups excluding carboxylic acids is 2. The van der Waals surface area contributed by atoms with Gasteiger partial charge in [0.2, 0.25) is 11.6 Å². The lowest BCUT2D eigenvalue weighted by atomic mass is 10.0. The number of anilines is 1. The third-order valence-electron chi connectivity index (χ3n) is 6.96. The van der Waals surface area contributed by atoms with Gasteiger partial charge in [0.05, 0.1) is 24.5 Å². The van der Waals surface area contributed by atoms with Gasteiger partial charge in [-0.2, -0.15) is 0 Å². The molecule has 1 atom stereocenters. The average molecular weight is 610 g/mol. The lowest BCUT2D eigenvalue weighted by molar-refractivity contribution is -0.704. The average Bonchev–Trinajstić information content (AvgIpc) is 3.55. The number of ether oxygens (including phenoxy) is 2. The number of amides is 1. The molecular weight excluding hydrogens is 576 g/mol. The maximum Gasteiger partial charge on any atom is 0.442 e. The van der Waals surface area contributed by atoms with Crippen LogP contribution in [0, 0.1) is 0 Å². The summed E-state index contributed by atoms with van der Waals surface area (Å²) in [7, 11) is 1.58. The Labute approximate surface area is 251 Å². The Kier molecular flexibility index (Phi) is 9.45. The van der Waals surface area contributed by atoms with E-state index in [1.54, 1.807) is 38.3 Å². The predicted octanol–water partition coefficient (Wildman–Crippen LogP) is 4.56. The highest BCUT2D eigenvalue weighted by atomic mass is 32.2. The monoisotopic (exact) mass is 609 g/mol. The molecule has 1 unspecified atom stereocenters. The van der Waals surface area contributed by atoms with Crippen LogP contribution >= 0.6 is 23.1 Å². The van der Waals surface area contributed by atoms with Gasteiger partial charge in [-0.3, -0.25) is 14.2 Å². The number of thioether (sulfide) groups is 1. The van der Waals surface area contributed by atoms with Crippen LogP contribution in [0.2, 0.25) is 0 Å². The summed E-state index contributed by atoms with van der Waals surface area (Å²) in [6.45, 7) is 6.14. The van der Waals surface area contributed by atoms with Crippen molar-refractivity contribution in [1.29, 1.82) is 0 Å². The third-order valence-corrected chi connectivity index (χ3v) is 9.49. The van der Waals surface area contributed by atoms with E-state index < -0.39 is 16.8 Å². The van der Waals surface area contributed by atoms with Gasteiger partial charge in [0.25, 0.3) is 0 Å². The standard InChI is InChI=1S/C30H32N4O6S2/c1-4-23(42-28-30(37)40-32-34(28)20-11-13-21(38-3)14-12-20)26(35)31-27-25(29(36)39-5-2)22-15-16-33(18-24(22)41-27)17-19-9-7-6-8-10-19/h6-14,23H,4-5,15-18H2,1-3H3,(H-,31,32,35,36,37)/p+1. The van der Waals surface area contributed by atoms with E-state index in [-0.39, 0.29) is 17.5 Å². The molecule has 0 aliphatic carbocycles. The molecule has 0 saturated heterocycles. The van der Waals surface area contributed by atoms with Gasteiger partial charge in [-0.25, -0.2) is 9.59 Å². The number of thiophene rings is 1. The number of esters is 1. The van der Waals surface area contributed by atoms with Crippen LogP contribution in [-0.4, -0.2) is 47.6 Å². The summed E-state index contributed by atoms with van der Waals surface area (Å²) in [6, 6.07) is 17.3. The predicted molar refractivity (Wildman–Crippen MR) is 161 cm³/mol. The first-order chi connectivity index (χ1) is 20.4. The molecule has 2 aromatic heterocycles. The maximum atomic E-state index is 13.6. The molecule has 12 heteroatoms. The molecule has 1 aliphatic heterocycles. The molecule has 0 saturated carbocycles. The Balaban J connectivity index is 1.37. The van der Waals surface area contributed by atoms with Crippen LogP contribution in [0.15, 0.2) is 68.9 Å². The molecule has 42 heavy (non-hydrogen) atoms. The highest BCUT2D eigenvalue weighted by molar-refractivity contribution is 8.00. The number of hydrogen-bond acceptors (Lipinski definition) is 9. The zero-order valence-electron chi connectivity index (χ0n) is 23.7. The van der Waals surface area contributed by atoms with E-state index >= 15 is 0 Å². The quantitative estimate of drug-likeness (QED) is 0.144. The first-order valence-corrected chi connectivity index (χ1v) is 15.4. The molecule has 1 amide bonds. The summed E-state index contributed by atoms with van der Waals surface area (Å²) in [4.78, 5) is 42.7. The number of nitrogens with one attached hydrogen (secondary N) is 2. The lowest BCUT2D eigenvalue weighted by Crippen LogP contribution is -2.37. The summed E-state index contributed by atoms with van der Waals surface area (Å²) in [5.41, 5.74) is 2.65. The van der Waals surface area contributed by atoms with Crippen molar-refractivity contribution in [1.82, 2.24) is 10.2 Å². The number of carbonyl (C=O) groups is 2. The van der Waals surface area contributed by atoms with Gasteiger partial charge in [0, 0.05) is 36.6 Å². The summed E-state index contributed by atoms with van der Waals surface area (Å²) in [6.07, 6.45) is 1.12. The molecule has 1 aliphatic rings. The number of benzene rings is 2. The van der Waals surface area contributed by atoms with Crippen LogP contribution in [0.5, 0.6) is 5.75 Å². The third kappa shape index (κ3) is 6.45. The fraction of sp³-hybridized carbons (Fsp3) is 0.333. The van der Waals surface area contributed by atoms with Gasteiger partial charge >= 0.3 is 16.6 Å². The van der Waals surface area contributed by atoms with Gasteiger partial charge in [-0.05, 0) is 64.7 Å². The molecule has 4 aromatic rings. The Morgan fingerprint density at radius 2 is 1.93 bits per heavy atom. The molecule has 0 fully saturated rings. The van der Waals surface area contributed by atoms with E-state index in [0.717, 1.165) is 35.3 Å². The van der Waals surface area contributed by atoms with Crippen LogP contribution in [0.25, 0.3) is 5.69 Å². The van der Waals surface area contributed by atoms with Gasteiger partial charge in [-0.1, -0.05) is 37.3 Å². The Morgan fingerprint density at radius 1 is 1.17 bits per heavy atom. The van der Waals surface area contributed by atoms with Crippen LogP contribution in [0.4, 0.5) is 5.00 Å². The van der Waals surface area contributed by atoms with E-state index in [4.69, 9.17) is 14.0 Å². The molecule has 220 valence electrons. The van der Waals surface area contributed by atoms with E-state index in [1.807, 2.05) is 25.1 Å². The second-order valence-corrected chi connectivity index (χ2v) is 12.0. The largest absolute Gasteiger partial charge is 0.497 e. The van der Waals surface area contributed by atoms with E-state index in [9.17, 15) is 14.4 Å². The van der Waals surface area contributed by atoms with Crippen molar-refractivity contribution in [3.8, 4) is 11.4 Å². The highest BCUT2D eigenvalue weighted by Crippen LogP contribution is 2.38. The minimum absolute atomic E-state index is 0.231. The second kappa shape index (κ2) is 13.4. The van der Waals surface area contributed by atoms with Crippen LogP contribution in [0.1, 0.15) is 46.6 Å². The first-order valence-electron chi connectivity index (χ1n) is 13.7. The molecular formula is C30H33N4O6S2+. The van der Waals surface area contributed by atoms with Crippen molar-refractivity contribution in [2.75, 3.05) is 25.6 Å². The number of aromatic nitrogens is 2. The van der Waals surface area contributed by atoms with Gasteiger partial charge in [-0.15, -0.1) is 11.3 Å². The number of fused-ring (bicyclic) bond motifs is 1. The Morgan fingerprint density at radius 3 is 2.62 bits per heavy atom. The first kappa shape index (κ1) is 29.6. The van der Waals surface area contributed by atoms with Crippen molar-refractivity contribution in [3.63, 3.8) is 0 Å². The van der Waals surface area contributed by atoms with Crippen molar-refractivity contribution >= 4 is 40.0 Å². The number of aromatic amines is 1. The molecule has 2 aromatic carbocycles. The summed E-state index contributed by atoms with van der Waals surface area (Å²) < 4.78 is 17.2. The SMILES string of the molecule is CCOC(=O)c1c(NC(=O)C(CC)Sc2c(=O)o[nH][n+]2-c2ccc(OC)cc2)sc2c1CCN(Cc1ccccc1)C2. The van der Waals surface area contributed by atoms with Crippen molar-refractivity contribution in [2.24, 2.45) is 0 Å². The normalized spacial score (nSPS) is 13.8. The molecule has 10 nitrogen and oxygen atoms in total. The Hall–Kier alpha value is -3.87. The summed E-state index contributed by atoms with van der Waals surface area (Å²) in [5, 5.41) is 5.69. The van der Waals surface area contributed by atoms with Gasteiger partial charge < -0.3 is 14.8 Å². The number of nitrogens with zero attached hydrogens (tertiary/aromatic N) is 2. The van der Waals surface area contributed by atoms with Crippen LogP contribution in [-0.2, 0) is 29.0 Å². The lowest BCUT2D eigenvalue weighted by Gasteiger charge is -2.27. The second-order valence-electron chi connectivity index (χ2n) is 9.70. The number of hydrogen-bond donors (Lipinski definition) is 2. The van der Waals surface area contributed by atoms with Gasteiger partial charge in [0.1, 0.15) is 10.8 Å². The summed E-state index contributed by atoms with van der Waals surface area (Å²) in [5.74, 6) is -0.0785. The van der Waals surface area contributed by atoms with Crippen LogP contribution < -0.4 is 20.4 Å². The zero-order chi connectivity index (χ0) is 29.6. The van der Waals surface area contributed by atoms with E-state index in [0.29, 0.717) is 41.4 Å². The number of rotatable bonds is 11. The highest BCUT2D eigenvalue weighted by Gasteiger charge is 2.33. The zero-order valence-corrected chi connectivity index (χ0v) is 25.3. The van der Waals surface area contributed by atoms with Crippen molar-refractivity contribution < 1.29 is 28.3 Å². The van der Waals surface area contributed by atoms with Crippen molar-refractivity contribution in [3.05, 3.63) is 86.6 Å². The fourth-order valence-electron chi connectivity index (χ4n) is 4.86. The summed E-state index contributed by atoms with van der Waals surface area (Å²) >= 11 is 2.52. The topological polar surface area (TPSA) is 118 Å². The minimum Gasteiger partial charge on any atom is -0.497 e. The van der Waals surface area contributed by atoms with Gasteiger partial charge in [0.15, 0.2) is 0 Å². The van der Waals surface area contributed by atoms with E-state index in [2.05, 4.69) is 27.6 Å². The van der Waals surface area contributed by atoms with Crippen LogP contribution in [0.3, 0.4) is 0 Å². The minimum atomic E-state index is -0.628. The molecule has 0 spiro atoms. The fourth-order valence-corrected chi connectivity index (χ4v) is 7.12. The smallest absolute Gasteiger partial charge is 0.442 e. The van der Waals surface area contributed by atoms with E-state index in [1.165, 1.54) is 21.6 Å². The molecule has 0 radical (unpaired) electrons. The number of methoxy groups -OCH3 is 1. The molecule has 3 heterocycles. The Bertz CT molecular complexity index is 1600.